The van der Waals surface area contributed by atoms with E-state index in [2.05, 4.69) is 4.98 Å². The number of hydrogen-bond donors (Lipinski definition) is 1. The first-order valence-electron chi connectivity index (χ1n) is 5.69. The van der Waals surface area contributed by atoms with Crippen molar-refractivity contribution in [1.82, 2.24) is 4.98 Å². The molecule has 5 nitrogen and oxygen atoms in total. The Labute approximate surface area is 119 Å². The van der Waals surface area contributed by atoms with E-state index in [0.717, 1.165) is 0 Å². The average Bonchev–Trinajstić information content (AvgIpc) is 2.80. The Hall–Kier alpha value is -2.71. The van der Waals surface area contributed by atoms with Crippen molar-refractivity contribution in [2.24, 2.45) is 0 Å². The zero-order valence-corrected chi connectivity index (χ0v) is 10.9. The van der Waals surface area contributed by atoms with Gasteiger partial charge in [-0.05, 0) is 18.2 Å². The van der Waals surface area contributed by atoms with Crippen molar-refractivity contribution in [3.05, 3.63) is 47.3 Å². The van der Waals surface area contributed by atoms with Crippen LogP contribution in [-0.2, 0) is 0 Å². The molecule has 0 aliphatic carbocycles. The smallest absolute Gasteiger partial charge is 0.247 e. The second kappa shape index (κ2) is 4.76. The third-order valence-corrected chi connectivity index (χ3v) is 2.95. The molecule has 0 aliphatic rings. The van der Waals surface area contributed by atoms with Gasteiger partial charge in [-0.1, -0.05) is 23.7 Å². The maximum atomic E-state index is 9.11. The van der Waals surface area contributed by atoms with Gasteiger partial charge in [-0.2, -0.15) is 5.26 Å². The highest BCUT2D eigenvalue weighted by atomic mass is 35.5. The summed E-state index contributed by atoms with van der Waals surface area (Å²) in [6.07, 6.45) is 1.43. The van der Waals surface area contributed by atoms with Gasteiger partial charge in [0.05, 0.1) is 17.3 Å². The number of furan rings is 1. The second-order valence-electron chi connectivity index (χ2n) is 4.03. The fraction of sp³-hybridized carbons (Fsp3) is 0. The number of para-hydroxylation sites is 1. The lowest BCUT2D eigenvalue weighted by molar-refractivity contribution is 0.451. The molecule has 0 fully saturated rings. The van der Waals surface area contributed by atoms with Gasteiger partial charge < -0.3 is 14.9 Å². The molecule has 2 aromatic heterocycles. The first-order chi connectivity index (χ1) is 9.69. The van der Waals surface area contributed by atoms with E-state index < -0.39 is 0 Å². The number of aromatic nitrogens is 1. The number of ether oxygens (including phenoxy) is 1. The van der Waals surface area contributed by atoms with Crippen LogP contribution in [0.1, 0.15) is 5.76 Å². The lowest BCUT2D eigenvalue weighted by Crippen LogP contribution is -1.92. The predicted octanol–water partition coefficient (Wildman–Crippen LogP) is 3.73. The maximum absolute atomic E-state index is 9.11. The van der Waals surface area contributed by atoms with Crippen LogP contribution in [0.5, 0.6) is 11.6 Å². The first-order valence-corrected chi connectivity index (χ1v) is 6.07. The van der Waals surface area contributed by atoms with Gasteiger partial charge in [0.1, 0.15) is 16.7 Å². The Morgan fingerprint density at radius 3 is 2.90 bits per heavy atom. The fourth-order valence-corrected chi connectivity index (χ4v) is 2.02. The summed E-state index contributed by atoms with van der Waals surface area (Å²) in [5.74, 6) is 0.534. The van der Waals surface area contributed by atoms with E-state index in [0.29, 0.717) is 22.4 Å². The normalized spacial score (nSPS) is 10.4. The molecular formula is C14H8ClN3O2. The average molecular weight is 286 g/mol. The molecule has 0 saturated heterocycles. The number of nitriles is 1. The monoisotopic (exact) mass is 285 g/mol. The van der Waals surface area contributed by atoms with Crippen molar-refractivity contribution >= 4 is 28.3 Å². The van der Waals surface area contributed by atoms with Crippen LogP contribution >= 0.6 is 11.6 Å². The first kappa shape index (κ1) is 12.3. The molecule has 0 bridgehead atoms. The van der Waals surface area contributed by atoms with Crippen LogP contribution in [0.3, 0.4) is 0 Å². The Kier molecular flexibility index (Phi) is 2.93. The van der Waals surface area contributed by atoms with E-state index in [4.69, 9.17) is 31.8 Å². The van der Waals surface area contributed by atoms with Gasteiger partial charge in [0.25, 0.3) is 0 Å². The number of fused-ring (bicyclic) bond motifs is 1. The number of halogens is 1. The summed E-state index contributed by atoms with van der Waals surface area (Å²) >= 11 is 6.01. The number of benzene rings is 1. The molecule has 6 heteroatoms. The molecule has 20 heavy (non-hydrogen) atoms. The SMILES string of the molecule is N#Cc1oc2ccccc2c1Oc1ncc(N)cc1Cl. The number of anilines is 1. The molecule has 3 rings (SSSR count). The number of nitrogens with zero attached hydrogens (tertiary/aromatic N) is 2. The molecule has 0 radical (unpaired) electrons. The van der Waals surface area contributed by atoms with Gasteiger partial charge in [-0.25, -0.2) is 4.98 Å². The lowest BCUT2D eigenvalue weighted by Gasteiger charge is -2.05. The minimum absolute atomic E-state index is 0.0703. The summed E-state index contributed by atoms with van der Waals surface area (Å²) < 4.78 is 11.0. The van der Waals surface area contributed by atoms with Crippen molar-refractivity contribution < 1.29 is 9.15 Å². The fourth-order valence-electron chi connectivity index (χ4n) is 1.81. The predicted molar refractivity (Wildman–Crippen MR) is 74.7 cm³/mol. The van der Waals surface area contributed by atoms with Crippen LogP contribution in [0, 0.1) is 11.3 Å². The van der Waals surface area contributed by atoms with Crippen LogP contribution in [0.2, 0.25) is 5.02 Å². The van der Waals surface area contributed by atoms with Gasteiger partial charge >= 0.3 is 0 Å². The largest absolute Gasteiger partial charge is 0.442 e. The molecule has 2 N–H and O–H groups in total. The molecule has 1 aromatic carbocycles. The van der Waals surface area contributed by atoms with Crippen molar-refractivity contribution in [2.75, 3.05) is 5.73 Å². The molecule has 0 amide bonds. The maximum Gasteiger partial charge on any atom is 0.247 e. The quantitative estimate of drug-likeness (QED) is 0.775. The van der Waals surface area contributed by atoms with Crippen LogP contribution in [0.25, 0.3) is 11.0 Å². The second-order valence-corrected chi connectivity index (χ2v) is 4.43. The Morgan fingerprint density at radius 1 is 1.35 bits per heavy atom. The summed E-state index contributed by atoms with van der Waals surface area (Å²) in [4.78, 5) is 4.00. The Balaban J connectivity index is 2.12. The standard InChI is InChI=1S/C14H8ClN3O2/c15-10-5-8(17)7-18-14(10)20-13-9-3-1-2-4-11(9)19-12(13)6-16/h1-5,7H,17H2. The summed E-state index contributed by atoms with van der Waals surface area (Å²) in [6.45, 7) is 0. The zero-order valence-electron chi connectivity index (χ0n) is 10.1. The van der Waals surface area contributed by atoms with Gasteiger partial charge in [-0.3, -0.25) is 0 Å². The van der Waals surface area contributed by atoms with E-state index in [-0.39, 0.29) is 16.7 Å². The van der Waals surface area contributed by atoms with Crippen LogP contribution in [0.15, 0.2) is 40.9 Å². The molecular weight excluding hydrogens is 278 g/mol. The van der Waals surface area contributed by atoms with Crippen molar-refractivity contribution in [2.45, 2.75) is 0 Å². The zero-order chi connectivity index (χ0) is 14.1. The summed E-state index contributed by atoms with van der Waals surface area (Å²) in [6, 6.07) is 10.7. The highest BCUT2D eigenvalue weighted by Crippen LogP contribution is 2.37. The highest BCUT2D eigenvalue weighted by molar-refractivity contribution is 6.32. The minimum Gasteiger partial charge on any atom is -0.442 e. The molecule has 0 unspecified atom stereocenters. The molecule has 0 spiro atoms. The van der Waals surface area contributed by atoms with E-state index in [1.165, 1.54) is 12.3 Å². The highest BCUT2D eigenvalue weighted by Gasteiger charge is 2.17. The number of hydrogen-bond acceptors (Lipinski definition) is 5. The van der Waals surface area contributed by atoms with Gasteiger partial charge in [0.2, 0.25) is 11.6 Å². The molecule has 0 aliphatic heterocycles. The van der Waals surface area contributed by atoms with Crippen molar-refractivity contribution in [1.29, 1.82) is 5.26 Å². The van der Waals surface area contributed by atoms with Crippen LogP contribution in [-0.4, -0.2) is 4.98 Å². The molecule has 2 heterocycles. The summed E-state index contributed by atoms with van der Waals surface area (Å²) in [5.41, 5.74) is 6.57. The van der Waals surface area contributed by atoms with E-state index in [9.17, 15) is 0 Å². The Morgan fingerprint density at radius 2 is 2.15 bits per heavy atom. The molecule has 3 aromatic rings. The van der Waals surface area contributed by atoms with Gasteiger partial charge in [0, 0.05) is 0 Å². The molecule has 98 valence electrons. The van der Waals surface area contributed by atoms with Crippen molar-refractivity contribution in [3.8, 4) is 17.7 Å². The number of nitrogen functional groups attached to an aromatic ring is 1. The molecule has 0 saturated carbocycles. The lowest BCUT2D eigenvalue weighted by atomic mass is 10.2. The summed E-state index contributed by atoms with van der Waals surface area (Å²) in [5, 5.41) is 10.1. The van der Waals surface area contributed by atoms with Crippen LogP contribution in [0.4, 0.5) is 5.69 Å². The topological polar surface area (TPSA) is 85.1 Å². The van der Waals surface area contributed by atoms with Crippen LogP contribution < -0.4 is 10.5 Å². The number of pyridine rings is 1. The Bertz CT molecular complexity index is 836. The van der Waals surface area contributed by atoms with Gasteiger partial charge in [-0.15, -0.1) is 0 Å². The van der Waals surface area contributed by atoms with E-state index in [1.807, 2.05) is 18.2 Å². The number of nitrogens with two attached hydrogens (primary N) is 1. The van der Waals surface area contributed by atoms with E-state index in [1.54, 1.807) is 12.1 Å². The number of rotatable bonds is 2. The van der Waals surface area contributed by atoms with Gasteiger partial charge in [0.15, 0.2) is 5.75 Å². The van der Waals surface area contributed by atoms with E-state index >= 15 is 0 Å². The third kappa shape index (κ3) is 2.02. The molecule has 0 atom stereocenters. The third-order valence-electron chi connectivity index (χ3n) is 2.68. The van der Waals surface area contributed by atoms with Crippen molar-refractivity contribution in [3.63, 3.8) is 0 Å². The summed E-state index contributed by atoms with van der Waals surface area (Å²) in [7, 11) is 0. The minimum atomic E-state index is 0.0703.